The fraction of sp³-hybridized carbons (Fsp3) is 0.613. The molecule has 0 spiro atoms. The SMILES string of the molecule is CC(C)(Sc1cc(C(C)(C)C)c(O)c(C(C)(C)C)c1)Sc1cc(C(C)(C)C)c(O)c(C(C)(C)C)c1.[LiH]. The molecule has 0 aliphatic carbocycles. The molecule has 198 valence electrons. The molecule has 0 aromatic heterocycles. The van der Waals surface area contributed by atoms with E-state index < -0.39 is 0 Å². The maximum absolute atomic E-state index is 11.1. The summed E-state index contributed by atoms with van der Waals surface area (Å²) < 4.78 is -0.164. The monoisotopic (exact) mass is 524 g/mol. The van der Waals surface area contributed by atoms with Crippen LogP contribution in [-0.4, -0.2) is 33.2 Å². The molecule has 2 aromatic carbocycles. The van der Waals surface area contributed by atoms with Gasteiger partial charge >= 0.3 is 18.9 Å². The van der Waals surface area contributed by atoms with Crippen molar-refractivity contribution in [3.8, 4) is 11.5 Å². The van der Waals surface area contributed by atoms with Crippen LogP contribution < -0.4 is 0 Å². The van der Waals surface area contributed by atoms with Crippen LogP contribution >= 0.6 is 23.5 Å². The fourth-order valence-electron chi connectivity index (χ4n) is 4.21. The van der Waals surface area contributed by atoms with Crippen LogP contribution in [0.2, 0.25) is 0 Å². The van der Waals surface area contributed by atoms with Gasteiger partial charge in [0, 0.05) is 32.0 Å². The van der Waals surface area contributed by atoms with E-state index in [2.05, 4.69) is 121 Å². The first-order valence-corrected chi connectivity index (χ1v) is 14.2. The van der Waals surface area contributed by atoms with E-state index in [0.717, 1.165) is 22.3 Å². The molecule has 2 nitrogen and oxygen atoms in total. The molecule has 0 aliphatic heterocycles. The second-order valence-electron chi connectivity index (χ2n) is 14.3. The van der Waals surface area contributed by atoms with Crippen LogP contribution in [-0.2, 0) is 21.7 Å². The van der Waals surface area contributed by atoms with E-state index >= 15 is 0 Å². The zero-order valence-corrected chi connectivity index (χ0v) is 26.2. The van der Waals surface area contributed by atoms with E-state index in [1.54, 1.807) is 0 Å². The topological polar surface area (TPSA) is 40.5 Å². The molecule has 0 aliphatic rings. The first-order valence-electron chi connectivity index (χ1n) is 12.6. The van der Waals surface area contributed by atoms with Crippen molar-refractivity contribution >= 4 is 42.4 Å². The zero-order valence-electron chi connectivity index (χ0n) is 24.5. The molecule has 0 saturated heterocycles. The number of rotatable bonds is 4. The molecule has 0 atom stereocenters. The van der Waals surface area contributed by atoms with Gasteiger partial charge in [0.1, 0.15) is 11.5 Å². The van der Waals surface area contributed by atoms with Crippen molar-refractivity contribution in [2.45, 2.75) is 132 Å². The summed E-state index contributed by atoms with van der Waals surface area (Å²) in [7, 11) is 0. The summed E-state index contributed by atoms with van der Waals surface area (Å²) in [5.41, 5.74) is 3.34. The number of hydrogen-bond acceptors (Lipinski definition) is 4. The van der Waals surface area contributed by atoms with E-state index in [-0.39, 0.29) is 44.6 Å². The van der Waals surface area contributed by atoms with Crippen molar-refractivity contribution < 1.29 is 10.2 Å². The van der Waals surface area contributed by atoms with Gasteiger partial charge in [-0.3, -0.25) is 0 Å². The van der Waals surface area contributed by atoms with Crippen molar-refractivity contribution in [3.05, 3.63) is 46.5 Å². The molecule has 2 aromatic rings. The summed E-state index contributed by atoms with van der Waals surface area (Å²) >= 11 is 3.66. The van der Waals surface area contributed by atoms with Crippen LogP contribution in [0.25, 0.3) is 0 Å². The third kappa shape index (κ3) is 8.17. The van der Waals surface area contributed by atoms with Gasteiger partial charge in [0.05, 0.1) is 4.08 Å². The normalized spacial score (nSPS) is 13.5. The second kappa shape index (κ2) is 10.8. The van der Waals surface area contributed by atoms with Gasteiger partial charge in [-0.15, -0.1) is 23.5 Å². The average molecular weight is 525 g/mol. The third-order valence-corrected chi connectivity index (χ3v) is 8.55. The van der Waals surface area contributed by atoms with Gasteiger partial charge in [0.15, 0.2) is 0 Å². The van der Waals surface area contributed by atoms with Crippen LogP contribution in [0.15, 0.2) is 34.1 Å². The van der Waals surface area contributed by atoms with Crippen molar-refractivity contribution in [1.82, 2.24) is 0 Å². The molecule has 0 unspecified atom stereocenters. The van der Waals surface area contributed by atoms with Gasteiger partial charge in [0.25, 0.3) is 0 Å². The Kier molecular flexibility index (Phi) is 10.0. The number of thioether (sulfide) groups is 2. The van der Waals surface area contributed by atoms with Crippen molar-refractivity contribution in [3.63, 3.8) is 0 Å². The molecule has 0 heterocycles. The molecule has 0 radical (unpaired) electrons. The third-order valence-electron chi connectivity index (χ3n) is 6.13. The molecular formula is C31H49LiO2S2. The van der Waals surface area contributed by atoms with Crippen LogP contribution in [0, 0.1) is 0 Å². The van der Waals surface area contributed by atoms with Crippen molar-refractivity contribution in [2.24, 2.45) is 0 Å². The molecule has 0 amide bonds. The van der Waals surface area contributed by atoms with Crippen LogP contribution in [0.4, 0.5) is 0 Å². The maximum atomic E-state index is 11.1. The number of phenols is 2. The second-order valence-corrected chi connectivity index (χ2v) is 18.0. The van der Waals surface area contributed by atoms with Gasteiger partial charge in [-0.1, -0.05) is 83.1 Å². The van der Waals surface area contributed by atoms with Crippen LogP contribution in [0.1, 0.15) is 119 Å². The van der Waals surface area contributed by atoms with Crippen molar-refractivity contribution in [2.75, 3.05) is 0 Å². The molecular weight excluding hydrogens is 475 g/mol. The Labute approximate surface area is 242 Å². The summed E-state index contributed by atoms with van der Waals surface area (Å²) in [5, 5.41) is 22.2. The van der Waals surface area contributed by atoms with Gasteiger partial charge in [-0.25, -0.2) is 0 Å². The molecule has 5 heteroatoms. The fourth-order valence-corrected chi connectivity index (χ4v) is 6.80. The van der Waals surface area contributed by atoms with E-state index in [9.17, 15) is 10.2 Å². The Hall–Kier alpha value is -0.663. The van der Waals surface area contributed by atoms with Gasteiger partial charge in [-0.05, 0) is 59.8 Å². The minimum atomic E-state index is -0.164. The van der Waals surface area contributed by atoms with E-state index in [1.165, 1.54) is 9.79 Å². The summed E-state index contributed by atoms with van der Waals surface area (Å²) in [6, 6.07) is 8.65. The summed E-state index contributed by atoms with van der Waals surface area (Å²) in [4.78, 5) is 2.34. The molecule has 2 rings (SSSR count). The summed E-state index contributed by atoms with van der Waals surface area (Å²) in [6.45, 7) is 30.4. The minimum absolute atomic E-state index is 0. The van der Waals surface area contributed by atoms with E-state index in [0.29, 0.717) is 11.5 Å². The predicted octanol–water partition coefficient (Wildman–Crippen LogP) is 9.26. The first-order chi connectivity index (χ1) is 15.4. The summed E-state index contributed by atoms with van der Waals surface area (Å²) in [5.74, 6) is 0.839. The van der Waals surface area contributed by atoms with Crippen molar-refractivity contribution in [1.29, 1.82) is 0 Å². The molecule has 36 heavy (non-hydrogen) atoms. The Morgan fingerprint density at radius 2 is 0.639 bits per heavy atom. The zero-order chi connectivity index (χ0) is 27.4. The van der Waals surface area contributed by atoms with Gasteiger partial charge in [0.2, 0.25) is 0 Å². The van der Waals surface area contributed by atoms with E-state index in [1.807, 2.05) is 23.5 Å². The van der Waals surface area contributed by atoms with E-state index in [4.69, 9.17) is 0 Å². The van der Waals surface area contributed by atoms with Crippen LogP contribution in [0.5, 0.6) is 11.5 Å². The molecule has 0 saturated carbocycles. The molecule has 0 fully saturated rings. The Morgan fingerprint density at radius 1 is 0.444 bits per heavy atom. The Balaban J connectivity index is 0.00000648. The summed E-state index contributed by atoms with van der Waals surface area (Å²) in [6.07, 6.45) is 0. The quantitative estimate of drug-likeness (QED) is 0.237. The van der Waals surface area contributed by atoms with Gasteiger partial charge in [-0.2, -0.15) is 0 Å². The average Bonchev–Trinajstić information content (AvgIpc) is 2.60. The molecule has 2 N–H and O–H groups in total. The predicted molar refractivity (Wildman–Crippen MR) is 164 cm³/mol. The number of phenolic OH excluding ortho intramolecular Hbond substituents is 2. The standard InChI is InChI=1S/C31H48O2S2.Li.H/c1-27(2,3)21-15-19(16-22(25(21)32)28(4,5)6)34-31(13,14)35-20-17-23(29(7,8)9)26(33)24(18-20)30(10,11)12;;/h15-18,32-33H,1-14H3;;. The first kappa shape index (κ1) is 33.4. The Bertz CT molecular complexity index is 920. The number of aromatic hydroxyl groups is 2. The Morgan fingerprint density at radius 3 is 0.806 bits per heavy atom. The molecule has 0 bridgehead atoms. The number of benzene rings is 2. The number of hydrogen-bond donors (Lipinski definition) is 2. The van der Waals surface area contributed by atoms with Crippen LogP contribution in [0.3, 0.4) is 0 Å². The van der Waals surface area contributed by atoms with Gasteiger partial charge < -0.3 is 10.2 Å².